The number of rotatable bonds is 3. The Morgan fingerprint density at radius 1 is 1.55 bits per heavy atom. The number of anilines is 1. The van der Waals surface area contributed by atoms with Crippen LogP contribution in [-0.4, -0.2) is 18.2 Å². The number of nitriles is 1. The summed E-state index contributed by atoms with van der Waals surface area (Å²) in [6.07, 6.45) is 0.938. The van der Waals surface area contributed by atoms with E-state index < -0.39 is 5.92 Å². The highest BCUT2D eigenvalue weighted by atomic mass is 19.1. The van der Waals surface area contributed by atoms with Gasteiger partial charge in [0.25, 0.3) is 0 Å². The molecular formula is C15H15FN2O2. The van der Waals surface area contributed by atoms with Crippen LogP contribution in [0.2, 0.25) is 0 Å². The number of nitrogens with zero attached hydrogens (tertiary/aromatic N) is 2. The number of Topliss-reactive ketones (excluding diaryl/α,β-unsaturated/α-hetero) is 1. The zero-order valence-corrected chi connectivity index (χ0v) is 11.2. The van der Waals surface area contributed by atoms with Crippen molar-refractivity contribution in [2.24, 2.45) is 5.92 Å². The maximum Gasteiger partial charge on any atom is 0.237 e. The van der Waals surface area contributed by atoms with E-state index >= 15 is 0 Å². The molecule has 20 heavy (non-hydrogen) atoms. The lowest BCUT2D eigenvalue weighted by Crippen LogP contribution is -2.44. The standard InChI is InChI=1S/C15H15FN2O2/c1-10-9-11(16)4-5-13(10)18-8-2-3-12(15(18)20)14(19)6-7-17/h4-5,9,12H,2-3,6,8H2,1H3/t12-/m0/s1. The van der Waals surface area contributed by atoms with Gasteiger partial charge in [-0.25, -0.2) is 4.39 Å². The first-order valence-corrected chi connectivity index (χ1v) is 6.52. The number of piperidine rings is 1. The molecule has 0 N–H and O–H groups in total. The van der Waals surface area contributed by atoms with Crippen molar-refractivity contribution in [2.75, 3.05) is 11.4 Å². The summed E-state index contributed by atoms with van der Waals surface area (Å²) < 4.78 is 13.1. The molecule has 4 nitrogen and oxygen atoms in total. The van der Waals surface area contributed by atoms with Crippen LogP contribution >= 0.6 is 0 Å². The summed E-state index contributed by atoms with van der Waals surface area (Å²) in [5.74, 6) is -1.71. The van der Waals surface area contributed by atoms with Gasteiger partial charge in [-0.2, -0.15) is 5.26 Å². The van der Waals surface area contributed by atoms with Gasteiger partial charge in [-0.3, -0.25) is 9.59 Å². The van der Waals surface area contributed by atoms with Crippen molar-refractivity contribution < 1.29 is 14.0 Å². The summed E-state index contributed by atoms with van der Waals surface area (Å²) in [6, 6.07) is 6.01. The number of benzene rings is 1. The summed E-state index contributed by atoms with van der Waals surface area (Å²) in [5, 5.41) is 8.57. The van der Waals surface area contributed by atoms with Crippen LogP contribution < -0.4 is 4.90 Å². The topological polar surface area (TPSA) is 61.2 Å². The molecule has 1 atom stereocenters. The van der Waals surface area contributed by atoms with Crippen LogP contribution in [0, 0.1) is 30.0 Å². The first-order valence-electron chi connectivity index (χ1n) is 6.52. The smallest absolute Gasteiger partial charge is 0.237 e. The quantitative estimate of drug-likeness (QED) is 0.795. The molecular weight excluding hydrogens is 259 g/mol. The second-order valence-electron chi connectivity index (χ2n) is 4.92. The lowest BCUT2D eigenvalue weighted by molar-refractivity contribution is -0.133. The van der Waals surface area contributed by atoms with Crippen LogP contribution in [0.1, 0.15) is 24.8 Å². The van der Waals surface area contributed by atoms with E-state index in [2.05, 4.69) is 0 Å². The fraction of sp³-hybridized carbons (Fsp3) is 0.400. The van der Waals surface area contributed by atoms with Crippen LogP contribution in [0.25, 0.3) is 0 Å². The number of carbonyl (C=O) groups excluding carboxylic acids is 2. The van der Waals surface area contributed by atoms with E-state index in [9.17, 15) is 14.0 Å². The SMILES string of the molecule is Cc1cc(F)ccc1N1CCC[C@@H](C(=O)CC#N)C1=O. The number of hydrogen-bond donors (Lipinski definition) is 0. The van der Waals surface area contributed by atoms with E-state index in [0.29, 0.717) is 30.6 Å². The van der Waals surface area contributed by atoms with Gasteiger partial charge in [0, 0.05) is 12.2 Å². The minimum atomic E-state index is -0.743. The van der Waals surface area contributed by atoms with E-state index in [1.54, 1.807) is 19.1 Å². The zero-order chi connectivity index (χ0) is 14.7. The number of ketones is 1. The molecule has 0 saturated carbocycles. The summed E-state index contributed by atoms with van der Waals surface area (Å²) in [7, 11) is 0. The molecule has 1 saturated heterocycles. The molecule has 0 radical (unpaired) electrons. The highest BCUT2D eigenvalue weighted by Crippen LogP contribution is 2.28. The molecule has 104 valence electrons. The third kappa shape index (κ3) is 2.69. The van der Waals surface area contributed by atoms with Gasteiger partial charge in [-0.1, -0.05) is 0 Å². The lowest BCUT2D eigenvalue weighted by atomic mass is 9.91. The van der Waals surface area contributed by atoms with Crippen molar-refractivity contribution >= 4 is 17.4 Å². The molecule has 0 spiro atoms. The second-order valence-corrected chi connectivity index (χ2v) is 4.92. The second kappa shape index (κ2) is 5.83. The summed E-state index contributed by atoms with van der Waals surface area (Å²) >= 11 is 0. The van der Waals surface area contributed by atoms with Crippen molar-refractivity contribution in [3.63, 3.8) is 0 Å². The van der Waals surface area contributed by atoms with Gasteiger partial charge in [0.1, 0.15) is 5.82 Å². The highest BCUT2D eigenvalue weighted by molar-refractivity contribution is 6.09. The number of hydrogen-bond acceptors (Lipinski definition) is 3. The summed E-state index contributed by atoms with van der Waals surface area (Å²) in [6.45, 7) is 2.24. The Balaban J connectivity index is 2.26. The van der Waals surface area contributed by atoms with Crippen LogP contribution in [-0.2, 0) is 9.59 Å². The van der Waals surface area contributed by atoms with E-state index in [4.69, 9.17) is 5.26 Å². The molecule has 0 unspecified atom stereocenters. The van der Waals surface area contributed by atoms with Gasteiger partial charge < -0.3 is 4.90 Å². The molecule has 1 fully saturated rings. The van der Waals surface area contributed by atoms with Gasteiger partial charge in [0.2, 0.25) is 5.91 Å². The van der Waals surface area contributed by atoms with Crippen LogP contribution in [0.5, 0.6) is 0 Å². The van der Waals surface area contributed by atoms with E-state index in [0.717, 1.165) is 0 Å². The number of aryl methyl sites for hydroxylation is 1. The first-order chi connectivity index (χ1) is 9.54. The third-order valence-electron chi connectivity index (χ3n) is 3.53. The molecule has 1 aliphatic rings. The molecule has 0 bridgehead atoms. The molecule has 1 amide bonds. The molecule has 1 aromatic rings. The van der Waals surface area contributed by atoms with Gasteiger partial charge in [0.05, 0.1) is 18.4 Å². The predicted molar refractivity (Wildman–Crippen MR) is 71.5 cm³/mol. The zero-order valence-electron chi connectivity index (χ0n) is 11.2. The predicted octanol–water partition coefficient (Wildman–Crippen LogP) is 2.36. The van der Waals surface area contributed by atoms with Gasteiger partial charge in [-0.15, -0.1) is 0 Å². The maximum absolute atomic E-state index is 13.1. The normalized spacial score (nSPS) is 18.8. The van der Waals surface area contributed by atoms with E-state index in [1.807, 2.05) is 0 Å². The van der Waals surface area contributed by atoms with Crippen LogP contribution in [0.3, 0.4) is 0 Å². The Morgan fingerprint density at radius 2 is 2.30 bits per heavy atom. The number of halogens is 1. The number of carbonyl (C=O) groups is 2. The molecule has 5 heteroatoms. The van der Waals surface area contributed by atoms with Gasteiger partial charge in [0.15, 0.2) is 5.78 Å². The summed E-state index contributed by atoms with van der Waals surface area (Å²) in [5.41, 5.74) is 1.29. The Labute approximate surface area is 116 Å². The van der Waals surface area contributed by atoms with Crippen LogP contribution in [0.4, 0.5) is 10.1 Å². The monoisotopic (exact) mass is 274 g/mol. The fourth-order valence-electron chi connectivity index (χ4n) is 2.54. The largest absolute Gasteiger partial charge is 0.312 e. The molecule has 1 heterocycles. The molecule has 0 aromatic heterocycles. The Bertz CT molecular complexity index is 592. The average molecular weight is 274 g/mol. The minimum Gasteiger partial charge on any atom is -0.312 e. The highest BCUT2D eigenvalue weighted by Gasteiger charge is 2.34. The number of amides is 1. The lowest BCUT2D eigenvalue weighted by Gasteiger charge is -2.32. The fourth-order valence-corrected chi connectivity index (χ4v) is 2.54. The van der Waals surface area contributed by atoms with Crippen molar-refractivity contribution in [1.29, 1.82) is 5.26 Å². The van der Waals surface area contributed by atoms with Crippen molar-refractivity contribution in [2.45, 2.75) is 26.2 Å². The Morgan fingerprint density at radius 3 is 2.95 bits per heavy atom. The molecule has 1 aliphatic heterocycles. The molecule has 1 aromatic carbocycles. The van der Waals surface area contributed by atoms with E-state index in [1.165, 1.54) is 17.0 Å². The van der Waals surface area contributed by atoms with Crippen molar-refractivity contribution in [3.8, 4) is 6.07 Å². The summed E-state index contributed by atoms with van der Waals surface area (Å²) in [4.78, 5) is 25.7. The molecule has 2 rings (SSSR count). The molecule has 0 aliphatic carbocycles. The van der Waals surface area contributed by atoms with Gasteiger partial charge in [-0.05, 0) is 43.5 Å². The van der Waals surface area contributed by atoms with Gasteiger partial charge >= 0.3 is 0 Å². The van der Waals surface area contributed by atoms with E-state index in [-0.39, 0.29) is 23.9 Å². The first kappa shape index (κ1) is 14.2. The maximum atomic E-state index is 13.1. The Hall–Kier alpha value is -2.22. The van der Waals surface area contributed by atoms with Crippen molar-refractivity contribution in [1.82, 2.24) is 0 Å². The minimum absolute atomic E-state index is 0.243. The van der Waals surface area contributed by atoms with Crippen LogP contribution in [0.15, 0.2) is 18.2 Å². The third-order valence-corrected chi connectivity index (χ3v) is 3.53. The Kier molecular flexibility index (Phi) is 4.14. The average Bonchev–Trinajstić information content (AvgIpc) is 2.40. The van der Waals surface area contributed by atoms with Crippen molar-refractivity contribution in [3.05, 3.63) is 29.6 Å².